The first-order valence-corrected chi connectivity index (χ1v) is 8.30. The van der Waals surface area contributed by atoms with Gasteiger partial charge in [0.1, 0.15) is 11.5 Å². The summed E-state index contributed by atoms with van der Waals surface area (Å²) in [6.07, 6.45) is -2.78. The Balaban J connectivity index is 1.58. The Labute approximate surface area is 149 Å². The maximum absolute atomic E-state index is 12.8. The molecule has 5 nitrogen and oxygen atoms in total. The Bertz CT molecular complexity index is 786. The Morgan fingerprint density at radius 1 is 1.15 bits per heavy atom. The number of hydrogen-bond donors (Lipinski definition) is 0. The first-order chi connectivity index (χ1) is 12.3. The second-order valence-electron chi connectivity index (χ2n) is 6.26. The molecule has 0 saturated carbocycles. The molecule has 3 rings (SSSR count). The lowest BCUT2D eigenvalue weighted by molar-refractivity contribution is -0.137. The van der Waals surface area contributed by atoms with Crippen LogP contribution < -0.4 is 0 Å². The third-order valence-electron chi connectivity index (χ3n) is 4.32. The Morgan fingerprint density at radius 3 is 2.54 bits per heavy atom. The molecule has 0 unspecified atom stereocenters. The van der Waals surface area contributed by atoms with E-state index < -0.39 is 11.7 Å². The molecule has 0 radical (unpaired) electrons. The van der Waals surface area contributed by atoms with Crippen molar-refractivity contribution >= 4 is 5.91 Å². The van der Waals surface area contributed by atoms with E-state index in [-0.39, 0.29) is 5.91 Å². The lowest BCUT2D eigenvalue weighted by Gasteiger charge is -2.34. The zero-order valence-electron chi connectivity index (χ0n) is 14.3. The molecular weight excluding hydrogens is 345 g/mol. The summed E-state index contributed by atoms with van der Waals surface area (Å²) in [6, 6.07) is 6.96. The van der Waals surface area contributed by atoms with Gasteiger partial charge >= 0.3 is 6.18 Å². The van der Waals surface area contributed by atoms with Gasteiger partial charge in [-0.05, 0) is 24.6 Å². The van der Waals surface area contributed by atoms with Crippen molar-refractivity contribution in [3.05, 3.63) is 59.2 Å². The van der Waals surface area contributed by atoms with Crippen molar-refractivity contribution in [1.82, 2.24) is 19.8 Å². The summed E-state index contributed by atoms with van der Waals surface area (Å²) in [5, 5.41) is 0. The summed E-state index contributed by atoms with van der Waals surface area (Å²) in [6.45, 7) is 4.39. The van der Waals surface area contributed by atoms with Crippen LogP contribution in [0.2, 0.25) is 0 Å². The van der Waals surface area contributed by atoms with Crippen LogP contribution in [0.5, 0.6) is 0 Å². The number of benzene rings is 1. The fourth-order valence-corrected chi connectivity index (χ4v) is 2.95. The molecule has 1 aromatic heterocycles. The molecule has 1 amide bonds. The maximum atomic E-state index is 12.8. The van der Waals surface area contributed by atoms with Crippen LogP contribution in [0.15, 0.2) is 36.5 Å². The van der Waals surface area contributed by atoms with Gasteiger partial charge in [-0.2, -0.15) is 13.2 Å². The van der Waals surface area contributed by atoms with Crippen LogP contribution in [-0.4, -0.2) is 51.9 Å². The molecule has 1 saturated heterocycles. The maximum Gasteiger partial charge on any atom is 0.416 e. The first-order valence-electron chi connectivity index (χ1n) is 8.30. The Kier molecular flexibility index (Phi) is 5.22. The van der Waals surface area contributed by atoms with Crippen molar-refractivity contribution in [3.63, 3.8) is 0 Å². The molecule has 0 aliphatic carbocycles. The van der Waals surface area contributed by atoms with E-state index in [0.717, 1.165) is 6.07 Å². The number of carbonyl (C=O) groups excluding carboxylic acids is 1. The summed E-state index contributed by atoms with van der Waals surface area (Å²) >= 11 is 0. The van der Waals surface area contributed by atoms with Gasteiger partial charge in [0.25, 0.3) is 5.91 Å². The number of hydrogen-bond acceptors (Lipinski definition) is 4. The topological polar surface area (TPSA) is 49.3 Å². The number of aromatic nitrogens is 2. The Hall–Kier alpha value is -2.48. The minimum absolute atomic E-state index is 0.144. The van der Waals surface area contributed by atoms with Crippen molar-refractivity contribution in [2.45, 2.75) is 19.6 Å². The number of alkyl halides is 3. The number of piperazine rings is 1. The monoisotopic (exact) mass is 364 g/mol. The lowest BCUT2D eigenvalue weighted by Crippen LogP contribution is -2.48. The van der Waals surface area contributed by atoms with Gasteiger partial charge in [0.15, 0.2) is 0 Å². The zero-order chi connectivity index (χ0) is 18.7. The molecule has 0 N–H and O–H groups in total. The van der Waals surface area contributed by atoms with Crippen LogP contribution in [0.3, 0.4) is 0 Å². The fraction of sp³-hybridized carbons (Fsp3) is 0.389. The molecule has 2 heterocycles. The van der Waals surface area contributed by atoms with Crippen molar-refractivity contribution < 1.29 is 18.0 Å². The van der Waals surface area contributed by atoms with Gasteiger partial charge in [-0.1, -0.05) is 18.2 Å². The smallest absolute Gasteiger partial charge is 0.335 e. The van der Waals surface area contributed by atoms with Crippen molar-refractivity contribution in [2.24, 2.45) is 0 Å². The van der Waals surface area contributed by atoms with E-state index in [9.17, 15) is 18.0 Å². The fourth-order valence-electron chi connectivity index (χ4n) is 2.95. The second kappa shape index (κ2) is 7.41. The molecule has 1 aromatic carbocycles. The number of aryl methyl sites for hydroxylation is 1. The van der Waals surface area contributed by atoms with E-state index in [4.69, 9.17) is 0 Å². The Morgan fingerprint density at radius 2 is 1.88 bits per heavy atom. The largest absolute Gasteiger partial charge is 0.416 e. The van der Waals surface area contributed by atoms with Crippen LogP contribution in [0.1, 0.15) is 27.4 Å². The molecule has 1 aliphatic heterocycles. The van der Waals surface area contributed by atoms with Gasteiger partial charge in [0.05, 0.1) is 5.56 Å². The average Bonchev–Trinajstić information content (AvgIpc) is 2.61. The molecular formula is C18H19F3N4O. The summed E-state index contributed by atoms with van der Waals surface area (Å²) in [4.78, 5) is 24.3. The van der Waals surface area contributed by atoms with Gasteiger partial charge < -0.3 is 4.90 Å². The quantitative estimate of drug-likeness (QED) is 0.840. The normalized spacial score (nSPS) is 15.9. The predicted octanol–water partition coefficient (Wildman–Crippen LogP) is 2.76. The van der Waals surface area contributed by atoms with Crippen LogP contribution in [0.25, 0.3) is 0 Å². The van der Waals surface area contributed by atoms with E-state index in [0.29, 0.717) is 49.8 Å². The molecule has 8 heteroatoms. The number of halogens is 3. The molecule has 1 fully saturated rings. The van der Waals surface area contributed by atoms with Gasteiger partial charge in [0, 0.05) is 38.9 Å². The number of amides is 1. The summed E-state index contributed by atoms with van der Waals surface area (Å²) < 4.78 is 38.4. The highest BCUT2D eigenvalue weighted by Gasteiger charge is 2.30. The van der Waals surface area contributed by atoms with Gasteiger partial charge in [-0.25, -0.2) is 9.97 Å². The van der Waals surface area contributed by atoms with Crippen LogP contribution >= 0.6 is 0 Å². The average molecular weight is 364 g/mol. The van der Waals surface area contributed by atoms with E-state index in [1.54, 1.807) is 30.2 Å². The lowest BCUT2D eigenvalue weighted by atomic mass is 10.1. The van der Waals surface area contributed by atoms with Gasteiger partial charge in [0.2, 0.25) is 0 Å². The molecule has 26 heavy (non-hydrogen) atoms. The van der Waals surface area contributed by atoms with E-state index in [2.05, 4.69) is 9.97 Å². The van der Waals surface area contributed by atoms with Crippen molar-refractivity contribution in [3.8, 4) is 0 Å². The summed E-state index contributed by atoms with van der Waals surface area (Å²) in [5.74, 6) is 0.397. The van der Waals surface area contributed by atoms with Crippen LogP contribution in [0, 0.1) is 6.92 Å². The van der Waals surface area contributed by atoms with E-state index >= 15 is 0 Å². The number of nitrogens with zero attached hydrogens (tertiary/aromatic N) is 4. The first kappa shape index (κ1) is 18.3. The highest BCUT2D eigenvalue weighted by molar-refractivity contribution is 5.92. The summed E-state index contributed by atoms with van der Waals surface area (Å²) in [7, 11) is 0. The van der Waals surface area contributed by atoms with Crippen LogP contribution in [-0.2, 0) is 12.7 Å². The third kappa shape index (κ3) is 4.37. The SMILES string of the molecule is Cc1nccc(C(=O)N2CCN(Cc3cccc(C(F)(F)F)c3)CC2)n1. The highest BCUT2D eigenvalue weighted by Crippen LogP contribution is 2.29. The predicted molar refractivity (Wildman–Crippen MR) is 89.4 cm³/mol. The van der Waals surface area contributed by atoms with Crippen LogP contribution in [0.4, 0.5) is 13.2 Å². The second-order valence-corrected chi connectivity index (χ2v) is 6.26. The zero-order valence-corrected chi connectivity index (χ0v) is 14.3. The van der Waals surface area contributed by atoms with E-state index in [1.165, 1.54) is 12.1 Å². The molecule has 0 bridgehead atoms. The third-order valence-corrected chi connectivity index (χ3v) is 4.32. The molecule has 0 spiro atoms. The molecule has 138 valence electrons. The standard InChI is InChI=1S/C18H19F3N4O/c1-13-22-6-5-16(23-13)17(26)25-9-7-24(8-10-25)12-14-3-2-4-15(11-14)18(19,20)21/h2-6,11H,7-10,12H2,1H3. The summed E-state index contributed by atoms with van der Waals surface area (Å²) in [5.41, 5.74) is 0.345. The molecule has 0 atom stereocenters. The van der Waals surface area contributed by atoms with Crippen molar-refractivity contribution in [1.29, 1.82) is 0 Å². The van der Waals surface area contributed by atoms with Crippen molar-refractivity contribution in [2.75, 3.05) is 26.2 Å². The highest BCUT2D eigenvalue weighted by atomic mass is 19.4. The number of carbonyl (C=O) groups is 1. The van der Waals surface area contributed by atoms with Gasteiger partial charge in [-0.3, -0.25) is 9.69 Å². The van der Waals surface area contributed by atoms with Gasteiger partial charge in [-0.15, -0.1) is 0 Å². The molecule has 2 aromatic rings. The molecule has 1 aliphatic rings. The minimum Gasteiger partial charge on any atom is -0.335 e. The van der Waals surface area contributed by atoms with E-state index in [1.807, 2.05) is 4.90 Å². The minimum atomic E-state index is -4.34. The number of rotatable bonds is 3.